The summed E-state index contributed by atoms with van der Waals surface area (Å²) in [5.41, 5.74) is 27.3. The van der Waals surface area contributed by atoms with Gasteiger partial charge in [0.1, 0.15) is 0 Å². The second-order valence-corrected chi connectivity index (χ2v) is 40.3. The number of anilines is 15. The average molecular weight is 1760 g/mol. The van der Waals surface area contributed by atoms with Crippen LogP contribution in [0, 0.1) is 0 Å². The molecule has 3 aliphatic rings. The summed E-state index contributed by atoms with van der Waals surface area (Å²) in [5.74, 6) is 0.287. The molecule has 554 valence electrons. The Hall–Kier alpha value is -12.2. The Labute approximate surface area is 703 Å². The van der Waals surface area contributed by atoms with E-state index in [0.29, 0.717) is 0 Å². The van der Waals surface area contributed by atoms with E-state index in [1.54, 1.807) is 0 Å². The standard InChI is InChI=1S/C108H73N5Se4/c1-6-26-68(27-7-1)73-64-96-108-97(65-73)113(107-82(71-50-58-104-90(62-71)86-38-18-22-46-100(86)116-104)42-25-43-83(107)72-51-59-105-91(63-72)87-39-19-23-47-101(87)117-105)95-67-79(110(76-32-12-4-13-33-76)77-34-14-5-15-35-77)53-55-93(95)111(108)92-54-52-78(109(74-28-8-2-9-29-74)75-30-10-3-11-31-75)66-94(92)112(96)106-80(69-48-56-102-88(60-69)84-36-16-20-44-98(84)114-102)40-24-41-81(106)70-49-57-103-89(61-70)85-37-17-21-45-99(85)115-103/h2-5,8-25,28-68H,1,6-7,26-27H2. The van der Waals surface area contributed by atoms with Gasteiger partial charge in [-0.05, 0) is 48.5 Å². The molecule has 2 aliphatic heterocycles. The zero-order valence-corrected chi connectivity index (χ0v) is 70.6. The van der Waals surface area contributed by atoms with Gasteiger partial charge in [0.2, 0.25) is 0 Å². The molecule has 0 N–H and O–H groups in total. The molecule has 0 spiro atoms. The monoisotopic (exact) mass is 1760 g/mol. The molecular weight excluding hydrogens is 1680 g/mol. The number of hydrogen-bond donors (Lipinski definition) is 0. The molecule has 0 radical (unpaired) electrons. The molecule has 0 saturated heterocycles. The summed E-state index contributed by atoms with van der Waals surface area (Å²) in [7, 11) is 0. The van der Waals surface area contributed by atoms with Crippen LogP contribution in [-0.2, 0) is 0 Å². The molecule has 1 aliphatic carbocycles. The van der Waals surface area contributed by atoms with Crippen LogP contribution in [0.15, 0.2) is 376 Å². The van der Waals surface area contributed by atoms with E-state index in [1.807, 2.05) is 0 Å². The SMILES string of the molecule is c1ccc(N(c2ccccc2)c2ccc3c(c2)N(c2c(-c4ccc5[se]c6ccccc6c5c4)cccc2-c2ccc4[se]c5ccccc5c4c2)c2cc(C4CCCCC4)cc4c2N3c2ccc(N(c3ccccc3)c3ccccc3)cc2N4c2c(-c3ccc4[se]c5ccccc5c4c3)cccc2-c2ccc3[se]c4ccccc4c3c2)cc1. The second kappa shape index (κ2) is 28.3. The summed E-state index contributed by atoms with van der Waals surface area (Å²) in [6.45, 7) is 0. The van der Waals surface area contributed by atoms with Crippen molar-refractivity contribution in [2.24, 2.45) is 0 Å². The van der Waals surface area contributed by atoms with Crippen molar-refractivity contribution in [3.05, 3.63) is 382 Å². The largest absolute Gasteiger partial charge is 0.0602 e. The molecule has 9 heteroatoms. The zero-order chi connectivity index (χ0) is 76.8. The van der Waals surface area contributed by atoms with Gasteiger partial charge in [0.25, 0.3) is 0 Å². The van der Waals surface area contributed by atoms with Gasteiger partial charge in [0.15, 0.2) is 0 Å². The molecule has 0 unspecified atom stereocenters. The fourth-order valence-electron chi connectivity index (χ4n) is 19.3. The number of nitrogens with zero attached hydrogens (tertiary/aromatic N) is 5. The van der Waals surface area contributed by atoms with Crippen molar-refractivity contribution < 1.29 is 0 Å². The van der Waals surface area contributed by atoms with Crippen molar-refractivity contribution in [2.45, 2.75) is 38.0 Å². The molecule has 0 atom stereocenters. The molecule has 1 fully saturated rings. The number of hydrogen-bond acceptors (Lipinski definition) is 5. The van der Waals surface area contributed by atoms with Crippen LogP contribution in [-0.4, -0.2) is 58.0 Å². The van der Waals surface area contributed by atoms with Crippen LogP contribution in [0.3, 0.4) is 0 Å². The fourth-order valence-corrected chi connectivity index (χ4v) is 28.4. The first kappa shape index (κ1) is 69.2. The first-order chi connectivity index (χ1) is 58.0. The Morgan fingerprint density at radius 2 is 0.496 bits per heavy atom. The first-order valence-electron chi connectivity index (χ1n) is 40.6. The maximum Gasteiger partial charge on any atom is -0.0380 e. The molecule has 5 nitrogen and oxygen atoms in total. The van der Waals surface area contributed by atoms with Crippen molar-refractivity contribution in [2.75, 3.05) is 24.5 Å². The number of para-hydroxylation sites is 6. The molecule has 0 bridgehead atoms. The van der Waals surface area contributed by atoms with E-state index in [9.17, 15) is 0 Å². The molecule has 6 heterocycles. The van der Waals surface area contributed by atoms with E-state index in [0.717, 1.165) is 98.2 Å². The Balaban J connectivity index is 0.860. The van der Waals surface area contributed by atoms with Crippen LogP contribution in [0.5, 0.6) is 0 Å². The van der Waals surface area contributed by atoms with Gasteiger partial charge in [-0.15, -0.1) is 0 Å². The topological polar surface area (TPSA) is 16.2 Å². The predicted molar refractivity (Wildman–Crippen MR) is 502 cm³/mol. The summed E-state index contributed by atoms with van der Waals surface area (Å²) >= 11 is 0.750. The van der Waals surface area contributed by atoms with Gasteiger partial charge in [0, 0.05) is 0 Å². The Morgan fingerprint density at radius 1 is 0.205 bits per heavy atom. The minimum absolute atomic E-state index is 0.188. The van der Waals surface area contributed by atoms with E-state index in [4.69, 9.17) is 0 Å². The maximum absolute atomic E-state index is 2.78. The molecule has 1 saturated carbocycles. The van der Waals surface area contributed by atoms with Gasteiger partial charge in [0.05, 0.1) is 0 Å². The summed E-state index contributed by atoms with van der Waals surface area (Å²) in [6, 6.07) is 145. The minimum atomic E-state index is 0.188. The smallest absolute Gasteiger partial charge is 0.0380 e. The summed E-state index contributed by atoms with van der Waals surface area (Å²) in [6.07, 6.45) is 5.79. The molecule has 0 amide bonds. The van der Waals surface area contributed by atoms with Gasteiger partial charge in [-0.3, -0.25) is 0 Å². The van der Waals surface area contributed by atoms with Crippen LogP contribution in [0.4, 0.5) is 85.3 Å². The van der Waals surface area contributed by atoms with Crippen molar-refractivity contribution in [1.82, 2.24) is 0 Å². The normalized spacial score (nSPS) is 13.4. The zero-order valence-electron chi connectivity index (χ0n) is 63.8. The van der Waals surface area contributed by atoms with Gasteiger partial charge in [-0.2, -0.15) is 0 Å². The van der Waals surface area contributed by atoms with E-state index in [2.05, 4.69) is 401 Å². The van der Waals surface area contributed by atoms with Crippen molar-refractivity contribution in [3.8, 4) is 44.5 Å². The van der Waals surface area contributed by atoms with Crippen LogP contribution in [0.1, 0.15) is 43.6 Å². The third-order valence-corrected chi connectivity index (χ3v) is 34.3. The van der Waals surface area contributed by atoms with Gasteiger partial charge < -0.3 is 0 Å². The number of fused-ring (bicyclic) bond motifs is 16. The van der Waals surface area contributed by atoms with Crippen LogP contribution >= 0.6 is 0 Å². The fraction of sp³-hybridized carbons (Fsp3) is 0.0556. The minimum Gasteiger partial charge on any atom is -0.0602 e. The molecule has 24 rings (SSSR count). The van der Waals surface area contributed by atoms with Crippen LogP contribution < -0.4 is 24.5 Å². The number of benzene rings is 17. The number of rotatable bonds is 13. The Kier molecular flexibility index (Phi) is 16.7. The van der Waals surface area contributed by atoms with Gasteiger partial charge in [-0.1, -0.05) is 92.1 Å². The van der Waals surface area contributed by atoms with Crippen LogP contribution in [0.2, 0.25) is 0 Å². The quantitative estimate of drug-likeness (QED) is 0.107. The Morgan fingerprint density at radius 3 is 0.821 bits per heavy atom. The van der Waals surface area contributed by atoms with Crippen molar-refractivity contribution in [3.63, 3.8) is 0 Å². The van der Waals surface area contributed by atoms with Crippen molar-refractivity contribution in [1.29, 1.82) is 0 Å². The molecule has 4 aromatic heterocycles. The van der Waals surface area contributed by atoms with Crippen molar-refractivity contribution >= 4 is 220 Å². The van der Waals surface area contributed by atoms with E-state index < -0.39 is 0 Å². The summed E-state index contributed by atoms with van der Waals surface area (Å²) < 4.78 is 11.5. The van der Waals surface area contributed by atoms with E-state index in [1.165, 1.54) is 147 Å². The molecule has 17 aromatic carbocycles. The Bertz CT molecular complexity index is 6770. The van der Waals surface area contributed by atoms with Gasteiger partial charge in [-0.25, -0.2) is 0 Å². The molecule has 21 aromatic rings. The van der Waals surface area contributed by atoms with E-state index >= 15 is 0 Å². The summed E-state index contributed by atoms with van der Waals surface area (Å²) in [5, 5.41) is 10.7. The molecule has 117 heavy (non-hydrogen) atoms. The predicted octanol–water partition coefficient (Wildman–Crippen LogP) is 29.8. The van der Waals surface area contributed by atoms with E-state index in [-0.39, 0.29) is 63.9 Å². The third-order valence-electron chi connectivity index (χ3n) is 24.6. The first-order valence-corrected chi connectivity index (χ1v) is 47.5. The average Bonchev–Trinajstić information content (AvgIpc) is 1.56. The van der Waals surface area contributed by atoms with Gasteiger partial charge >= 0.3 is 569 Å². The summed E-state index contributed by atoms with van der Waals surface area (Å²) in [4.78, 5) is 13.2. The second-order valence-electron chi connectivity index (χ2n) is 31.2. The van der Waals surface area contributed by atoms with Crippen LogP contribution in [0.25, 0.3) is 122 Å². The molecular formula is C108H73N5Se4. The third kappa shape index (κ3) is 11.5. The maximum atomic E-state index is 2.78.